The van der Waals surface area contributed by atoms with Crippen LogP contribution in [0.5, 0.6) is 11.5 Å². The summed E-state index contributed by atoms with van der Waals surface area (Å²) in [5, 5.41) is 9.16. The van der Waals surface area contributed by atoms with Gasteiger partial charge in [-0.25, -0.2) is 0 Å². The summed E-state index contributed by atoms with van der Waals surface area (Å²) in [6.45, 7) is 4.79. The molecule has 1 saturated heterocycles. The summed E-state index contributed by atoms with van der Waals surface area (Å²) in [7, 11) is 0. The topological polar surface area (TPSA) is 69.5 Å². The molecule has 2 aliphatic rings. The van der Waals surface area contributed by atoms with E-state index in [1.165, 1.54) is 19.0 Å². The number of hydrogen-bond acceptors (Lipinski definition) is 5. The molecule has 27 heavy (non-hydrogen) atoms. The number of likely N-dealkylation sites (tertiary alicyclic amines) is 1. The summed E-state index contributed by atoms with van der Waals surface area (Å²) in [5.74, 6) is 1.21. The van der Waals surface area contributed by atoms with Crippen LogP contribution in [-0.2, 0) is 6.42 Å². The highest BCUT2D eigenvalue weighted by Gasteiger charge is 2.25. The molecule has 0 spiro atoms. The molecule has 0 atom stereocenters. The van der Waals surface area contributed by atoms with Crippen LogP contribution in [0.25, 0.3) is 0 Å². The van der Waals surface area contributed by atoms with Crippen molar-refractivity contribution in [2.75, 3.05) is 32.7 Å². The van der Waals surface area contributed by atoms with Crippen molar-refractivity contribution in [2.24, 2.45) is 0 Å². The molecule has 2 aromatic rings. The van der Waals surface area contributed by atoms with Gasteiger partial charge >= 0.3 is 0 Å². The van der Waals surface area contributed by atoms with Crippen molar-refractivity contribution in [1.82, 2.24) is 14.8 Å². The number of nitrogens with zero attached hydrogens (tertiary/aromatic N) is 4. The highest BCUT2D eigenvalue weighted by molar-refractivity contribution is 5.97. The normalized spacial score (nSPS) is 16.9. The van der Waals surface area contributed by atoms with Crippen LogP contribution in [0.15, 0.2) is 36.7 Å². The van der Waals surface area contributed by atoms with E-state index < -0.39 is 0 Å². The lowest BCUT2D eigenvalue weighted by Gasteiger charge is -2.30. The minimum atomic E-state index is 0.101. The molecule has 1 aromatic heterocycles. The molecule has 3 heterocycles. The zero-order valence-electron chi connectivity index (χ0n) is 15.2. The van der Waals surface area contributed by atoms with Gasteiger partial charge in [-0.2, -0.15) is 5.26 Å². The van der Waals surface area contributed by atoms with Gasteiger partial charge < -0.3 is 14.5 Å². The maximum absolute atomic E-state index is 12.8. The third-order valence-corrected chi connectivity index (χ3v) is 5.26. The van der Waals surface area contributed by atoms with Gasteiger partial charge in [0.05, 0.1) is 0 Å². The lowest BCUT2D eigenvalue weighted by atomic mass is 9.98. The molecule has 0 saturated carbocycles. The van der Waals surface area contributed by atoms with Crippen molar-refractivity contribution >= 4 is 5.91 Å². The highest BCUT2D eigenvalue weighted by Crippen LogP contribution is 2.28. The Balaban J connectivity index is 1.45. The zero-order valence-corrected chi connectivity index (χ0v) is 15.2. The van der Waals surface area contributed by atoms with Gasteiger partial charge in [-0.3, -0.25) is 9.78 Å². The van der Waals surface area contributed by atoms with Crippen molar-refractivity contribution in [3.8, 4) is 17.6 Å². The molecule has 6 nitrogen and oxygen atoms in total. The first-order chi connectivity index (χ1) is 13.2. The molecule has 0 radical (unpaired) electrons. The van der Waals surface area contributed by atoms with E-state index in [9.17, 15) is 4.79 Å². The molecule has 0 N–H and O–H groups in total. The molecule has 2 aliphatic heterocycles. The van der Waals surface area contributed by atoms with Gasteiger partial charge in [0.25, 0.3) is 5.91 Å². The standard InChI is InChI=1S/C21H22N4O2/c22-14-17-15-23-7-5-20(17)27-18-3-4-19-16(13-18)6-10-25(21(19)26)12-11-24-8-1-2-9-24/h3-5,7,13,15H,1-2,6,8-12H2. The first-order valence-electron chi connectivity index (χ1n) is 9.41. The van der Waals surface area contributed by atoms with E-state index >= 15 is 0 Å². The fraction of sp³-hybridized carbons (Fsp3) is 0.381. The molecule has 138 valence electrons. The van der Waals surface area contributed by atoms with Crippen molar-refractivity contribution in [3.05, 3.63) is 53.3 Å². The number of fused-ring (bicyclic) bond motifs is 1. The largest absolute Gasteiger partial charge is 0.456 e. The Labute approximate surface area is 159 Å². The maximum Gasteiger partial charge on any atom is 0.254 e. The minimum absolute atomic E-state index is 0.101. The Kier molecular flexibility index (Phi) is 5.03. The Bertz CT molecular complexity index is 884. The van der Waals surface area contributed by atoms with Crippen LogP contribution in [0.3, 0.4) is 0 Å². The predicted molar refractivity (Wildman–Crippen MR) is 101 cm³/mol. The fourth-order valence-corrected chi connectivity index (χ4v) is 3.74. The summed E-state index contributed by atoms with van der Waals surface area (Å²) >= 11 is 0. The van der Waals surface area contributed by atoms with Crippen LogP contribution in [0.2, 0.25) is 0 Å². The molecule has 4 rings (SSSR count). The number of carbonyl (C=O) groups is 1. The lowest BCUT2D eigenvalue weighted by molar-refractivity contribution is 0.0724. The average Bonchev–Trinajstić information content (AvgIpc) is 3.21. The van der Waals surface area contributed by atoms with Crippen LogP contribution >= 0.6 is 0 Å². The number of hydrogen-bond donors (Lipinski definition) is 0. The molecule has 6 heteroatoms. The Hall–Kier alpha value is -2.91. The van der Waals surface area contributed by atoms with E-state index in [1.54, 1.807) is 18.3 Å². The summed E-state index contributed by atoms with van der Waals surface area (Å²) < 4.78 is 5.85. The molecule has 0 unspecified atom stereocenters. The molecule has 0 bridgehead atoms. The fourth-order valence-electron chi connectivity index (χ4n) is 3.74. The second-order valence-corrected chi connectivity index (χ2v) is 7.00. The predicted octanol–water partition coefficient (Wildman–Crippen LogP) is 2.84. The van der Waals surface area contributed by atoms with Crippen LogP contribution in [0.1, 0.15) is 34.3 Å². The summed E-state index contributed by atoms with van der Waals surface area (Å²) in [6.07, 6.45) is 6.43. The van der Waals surface area contributed by atoms with Gasteiger partial charge in [0, 0.05) is 43.7 Å². The van der Waals surface area contributed by atoms with E-state index in [0.29, 0.717) is 17.1 Å². The number of amides is 1. The number of carbonyl (C=O) groups excluding carboxylic acids is 1. The van der Waals surface area contributed by atoms with Crippen LogP contribution in [0, 0.1) is 11.3 Å². The molecular weight excluding hydrogens is 340 g/mol. The second kappa shape index (κ2) is 7.77. The molecule has 1 amide bonds. The molecule has 1 fully saturated rings. The van der Waals surface area contributed by atoms with Crippen molar-refractivity contribution < 1.29 is 9.53 Å². The third-order valence-electron chi connectivity index (χ3n) is 5.26. The quantitative estimate of drug-likeness (QED) is 0.818. The lowest BCUT2D eigenvalue weighted by Crippen LogP contribution is -2.42. The minimum Gasteiger partial charge on any atom is -0.456 e. The highest BCUT2D eigenvalue weighted by atomic mass is 16.5. The van der Waals surface area contributed by atoms with E-state index in [2.05, 4.69) is 16.0 Å². The van der Waals surface area contributed by atoms with Gasteiger partial charge in [-0.05, 0) is 56.1 Å². The molecule has 1 aromatic carbocycles. The maximum atomic E-state index is 12.8. The SMILES string of the molecule is N#Cc1cnccc1Oc1ccc2c(c1)CCN(CCN1CCCC1)C2=O. The van der Waals surface area contributed by atoms with Crippen LogP contribution in [0.4, 0.5) is 0 Å². The summed E-state index contributed by atoms with van der Waals surface area (Å²) in [5.41, 5.74) is 2.15. The molecular formula is C21H22N4O2. The smallest absolute Gasteiger partial charge is 0.254 e. The number of ether oxygens (including phenoxy) is 1. The first kappa shape index (κ1) is 17.5. The van der Waals surface area contributed by atoms with Crippen LogP contribution in [-0.4, -0.2) is 53.4 Å². The molecule has 0 aliphatic carbocycles. The van der Waals surface area contributed by atoms with Crippen molar-refractivity contribution in [2.45, 2.75) is 19.3 Å². The summed E-state index contributed by atoms with van der Waals surface area (Å²) in [4.78, 5) is 21.1. The Morgan fingerprint density at radius 1 is 1.15 bits per heavy atom. The van der Waals surface area contributed by atoms with E-state index in [1.807, 2.05) is 17.0 Å². The third kappa shape index (κ3) is 3.79. The average molecular weight is 362 g/mol. The monoisotopic (exact) mass is 362 g/mol. The van der Waals surface area contributed by atoms with Gasteiger partial charge in [0.2, 0.25) is 0 Å². The van der Waals surface area contributed by atoms with E-state index in [0.717, 1.165) is 50.3 Å². The van der Waals surface area contributed by atoms with Crippen LogP contribution < -0.4 is 4.74 Å². The second-order valence-electron chi connectivity index (χ2n) is 7.00. The van der Waals surface area contributed by atoms with Gasteiger partial charge in [0.1, 0.15) is 23.1 Å². The van der Waals surface area contributed by atoms with Gasteiger partial charge in [-0.15, -0.1) is 0 Å². The van der Waals surface area contributed by atoms with Gasteiger partial charge in [0.15, 0.2) is 0 Å². The Morgan fingerprint density at radius 3 is 2.81 bits per heavy atom. The number of pyridine rings is 1. The Morgan fingerprint density at radius 2 is 2.00 bits per heavy atom. The summed E-state index contributed by atoms with van der Waals surface area (Å²) in [6, 6.07) is 9.28. The van der Waals surface area contributed by atoms with Crippen molar-refractivity contribution in [3.63, 3.8) is 0 Å². The first-order valence-corrected chi connectivity index (χ1v) is 9.41. The number of rotatable bonds is 5. The number of nitriles is 1. The number of benzene rings is 1. The van der Waals surface area contributed by atoms with E-state index in [4.69, 9.17) is 10.00 Å². The zero-order chi connectivity index (χ0) is 18.6. The van der Waals surface area contributed by atoms with Crippen molar-refractivity contribution in [1.29, 1.82) is 5.26 Å². The van der Waals surface area contributed by atoms with Gasteiger partial charge in [-0.1, -0.05) is 0 Å². The number of aromatic nitrogens is 1. The van der Waals surface area contributed by atoms with E-state index in [-0.39, 0.29) is 5.91 Å².